The van der Waals surface area contributed by atoms with E-state index in [0.29, 0.717) is 6.54 Å². The summed E-state index contributed by atoms with van der Waals surface area (Å²) in [6.45, 7) is 2.14. The van der Waals surface area contributed by atoms with Crippen molar-refractivity contribution in [3.05, 3.63) is 0 Å². The zero-order valence-electron chi connectivity index (χ0n) is 4.63. The Kier molecular flexibility index (Phi) is 2.90. The van der Waals surface area contributed by atoms with Crippen molar-refractivity contribution in [1.82, 2.24) is 5.17 Å². The van der Waals surface area contributed by atoms with E-state index in [2.05, 4.69) is 10.6 Å². The van der Waals surface area contributed by atoms with E-state index in [-0.39, 0.29) is 0 Å². The predicted molar refractivity (Wildman–Crippen MR) is 27.2 cm³/mol. The van der Waals surface area contributed by atoms with Gasteiger partial charge < -0.3 is 10.6 Å². The molecule has 0 aliphatic carbocycles. The fourth-order valence-electron chi connectivity index (χ4n) is 0.180. The first-order valence-corrected chi connectivity index (χ1v) is 2.16. The van der Waals surface area contributed by atoms with Crippen molar-refractivity contribution in [2.24, 2.45) is 11.6 Å². The molecule has 1 amide bonds. The summed E-state index contributed by atoms with van der Waals surface area (Å²) >= 11 is 0. The number of carbonyl (C=O) groups is 1. The summed E-state index contributed by atoms with van der Waals surface area (Å²) in [4.78, 5) is 14.0. The van der Waals surface area contributed by atoms with Crippen molar-refractivity contribution < 1.29 is 9.63 Å². The van der Waals surface area contributed by atoms with Gasteiger partial charge in [0.15, 0.2) is 0 Å². The van der Waals surface area contributed by atoms with Gasteiger partial charge in [-0.2, -0.15) is 0 Å². The molecule has 0 unspecified atom stereocenters. The molecule has 0 radical (unpaired) electrons. The second-order valence-electron chi connectivity index (χ2n) is 1.14. The monoisotopic (exact) mass is 119 g/mol. The number of hydrogen-bond donors (Lipinski definition) is 2. The molecule has 0 saturated carbocycles. The molecule has 5 nitrogen and oxygen atoms in total. The quantitative estimate of drug-likeness (QED) is 0.368. The summed E-state index contributed by atoms with van der Waals surface area (Å²) in [5, 5.41) is 0.850. The fraction of sp³-hybridized carbons (Fsp3) is 0.667. The summed E-state index contributed by atoms with van der Waals surface area (Å²) < 4.78 is 0. The molecular weight excluding hydrogens is 110 g/mol. The molecule has 8 heavy (non-hydrogen) atoms. The highest BCUT2D eigenvalue weighted by Gasteiger charge is 1.96. The Hall–Kier alpha value is -0.810. The number of hydrazine groups is 1. The minimum atomic E-state index is -0.894. The average molecular weight is 119 g/mol. The Bertz CT molecular complexity index is 84.6. The van der Waals surface area contributed by atoms with Gasteiger partial charge in [-0.25, -0.2) is 10.6 Å². The van der Waals surface area contributed by atoms with Crippen LogP contribution in [0, 0.1) is 0 Å². The molecule has 5 heteroatoms. The number of nitrogens with two attached hydrogens (primary N) is 2. The highest BCUT2D eigenvalue weighted by molar-refractivity contribution is 5.64. The van der Waals surface area contributed by atoms with Crippen molar-refractivity contribution >= 4 is 6.09 Å². The molecule has 0 fully saturated rings. The Morgan fingerprint density at radius 1 is 1.88 bits per heavy atom. The van der Waals surface area contributed by atoms with Crippen LogP contribution >= 0.6 is 0 Å². The topological polar surface area (TPSA) is 81.6 Å². The van der Waals surface area contributed by atoms with E-state index >= 15 is 0 Å². The predicted octanol–water partition coefficient (Wildman–Crippen LogP) is -0.808. The SMILES string of the molecule is CCN(N)OC(N)=O. The molecular formula is C3H9N3O2. The van der Waals surface area contributed by atoms with Gasteiger partial charge in [0.05, 0.1) is 0 Å². The second-order valence-corrected chi connectivity index (χ2v) is 1.14. The third-order valence-corrected chi connectivity index (χ3v) is 0.519. The van der Waals surface area contributed by atoms with Crippen LogP contribution in [0.25, 0.3) is 0 Å². The maximum absolute atomic E-state index is 9.85. The highest BCUT2D eigenvalue weighted by Crippen LogP contribution is 1.76. The first-order chi connectivity index (χ1) is 3.66. The number of nitrogens with zero attached hydrogens (tertiary/aromatic N) is 1. The van der Waals surface area contributed by atoms with E-state index < -0.39 is 6.09 Å². The van der Waals surface area contributed by atoms with Crippen LogP contribution in [0.5, 0.6) is 0 Å². The zero-order valence-corrected chi connectivity index (χ0v) is 4.63. The molecule has 0 aliphatic heterocycles. The molecule has 0 atom stereocenters. The minimum absolute atomic E-state index is 0.420. The van der Waals surface area contributed by atoms with Gasteiger partial charge in [-0.05, 0) is 6.92 Å². The first kappa shape index (κ1) is 7.19. The first-order valence-electron chi connectivity index (χ1n) is 2.16. The van der Waals surface area contributed by atoms with Crippen LogP contribution < -0.4 is 11.6 Å². The van der Waals surface area contributed by atoms with Crippen LogP contribution in [0.1, 0.15) is 6.92 Å². The Morgan fingerprint density at radius 3 is 2.50 bits per heavy atom. The molecule has 4 N–H and O–H groups in total. The number of primary amides is 1. The molecule has 0 aromatic rings. The lowest BCUT2D eigenvalue weighted by Crippen LogP contribution is -2.35. The van der Waals surface area contributed by atoms with Gasteiger partial charge in [-0.3, -0.25) is 0 Å². The molecule has 0 aromatic carbocycles. The summed E-state index contributed by atoms with van der Waals surface area (Å²) in [6, 6.07) is 0. The highest BCUT2D eigenvalue weighted by atomic mass is 16.7. The third kappa shape index (κ3) is 3.38. The normalized spacial score (nSPS) is 9.38. The lowest BCUT2D eigenvalue weighted by molar-refractivity contribution is -0.0941. The van der Waals surface area contributed by atoms with Crippen molar-refractivity contribution in [1.29, 1.82) is 0 Å². The molecule has 0 spiro atoms. The van der Waals surface area contributed by atoms with Crippen molar-refractivity contribution in [3.63, 3.8) is 0 Å². The number of amides is 1. The van der Waals surface area contributed by atoms with Gasteiger partial charge in [0.2, 0.25) is 0 Å². The lowest BCUT2D eigenvalue weighted by Gasteiger charge is -2.09. The lowest BCUT2D eigenvalue weighted by atomic mass is 10.8. The molecule has 0 heterocycles. The van der Waals surface area contributed by atoms with E-state index in [0.717, 1.165) is 5.17 Å². The summed E-state index contributed by atoms with van der Waals surface area (Å²) in [7, 11) is 0. The Balaban J connectivity index is 3.24. The standard InChI is InChI=1S/C3H9N3O2/c1-2-6(5)8-3(4)7/h2,5H2,1H3,(H2,4,7). The maximum Gasteiger partial charge on any atom is 0.424 e. The van der Waals surface area contributed by atoms with E-state index in [9.17, 15) is 4.79 Å². The zero-order chi connectivity index (χ0) is 6.57. The van der Waals surface area contributed by atoms with Gasteiger partial charge in [0.25, 0.3) is 0 Å². The number of hydrogen-bond acceptors (Lipinski definition) is 4. The van der Waals surface area contributed by atoms with Gasteiger partial charge in [-0.1, -0.05) is 5.17 Å². The van der Waals surface area contributed by atoms with Crippen LogP contribution in [-0.4, -0.2) is 17.8 Å². The van der Waals surface area contributed by atoms with Crippen LogP contribution in [0.3, 0.4) is 0 Å². The molecule has 0 aromatic heterocycles. The van der Waals surface area contributed by atoms with Crippen molar-refractivity contribution in [2.45, 2.75) is 6.92 Å². The van der Waals surface area contributed by atoms with Gasteiger partial charge in [0.1, 0.15) is 0 Å². The molecule has 0 saturated heterocycles. The van der Waals surface area contributed by atoms with E-state index in [1.807, 2.05) is 0 Å². The van der Waals surface area contributed by atoms with Gasteiger partial charge >= 0.3 is 6.09 Å². The largest absolute Gasteiger partial charge is 0.424 e. The van der Waals surface area contributed by atoms with Crippen molar-refractivity contribution in [2.75, 3.05) is 6.54 Å². The number of carbonyl (C=O) groups excluding carboxylic acids is 1. The summed E-state index contributed by atoms with van der Waals surface area (Å²) in [5.41, 5.74) is 4.59. The molecule has 0 rings (SSSR count). The van der Waals surface area contributed by atoms with E-state index in [1.54, 1.807) is 6.92 Å². The minimum Gasteiger partial charge on any atom is -0.336 e. The van der Waals surface area contributed by atoms with Gasteiger partial charge in [-0.15, -0.1) is 0 Å². The molecule has 0 bridgehead atoms. The molecule has 0 aliphatic rings. The summed E-state index contributed by atoms with van der Waals surface area (Å²) in [6.07, 6.45) is -0.894. The summed E-state index contributed by atoms with van der Waals surface area (Å²) in [5.74, 6) is 4.98. The number of hydroxylamine groups is 1. The second kappa shape index (κ2) is 3.23. The maximum atomic E-state index is 9.85. The van der Waals surface area contributed by atoms with Crippen LogP contribution in [0.15, 0.2) is 0 Å². The smallest absolute Gasteiger partial charge is 0.336 e. The number of rotatable bonds is 2. The third-order valence-electron chi connectivity index (χ3n) is 0.519. The van der Waals surface area contributed by atoms with Crippen molar-refractivity contribution in [3.8, 4) is 0 Å². The van der Waals surface area contributed by atoms with Gasteiger partial charge in [0, 0.05) is 6.54 Å². The average Bonchev–Trinajstić information content (AvgIpc) is 1.65. The van der Waals surface area contributed by atoms with Crippen LogP contribution in [-0.2, 0) is 4.84 Å². The van der Waals surface area contributed by atoms with Crippen LogP contribution in [0.2, 0.25) is 0 Å². The Morgan fingerprint density at radius 2 is 2.38 bits per heavy atom. The fourth-order valence-corrected chi connectivity index (χ4v) is 0.180. The molecule has 48 valence electrons. The van der Waals surface area contributed by atoms with Crippen LogP contribution in [0.4, 0.5) is 4.79 Å². The van der Waals surface area contributed by atoms with E-state index in [4.69, 9.17) is 5.84 Å². The van der Waals surface area contributed by atoms with E-state index in [1.165, 1.54) is 0 Å². The Labute approximate surface area is 47.1 Å².